The van der Waals surface area contributed by atoms with Gasteiger partial charge in [-0.05, 0) is 49.6 Å². The molecule has 2 unspecified atom stereocenters. The van der Waals surface area contributed by atoms with Crippen LogP contribution in [0.25, 0.3) is 10.9 Å². The zero-order chi connectivity index (χ0) is 18.8. The van der Waals surface area contributed by atoms with Gasteiger partial charge in [-0.15, -0.1) is 0 Å². The van der Waals surface area contributed by atoms with Crippen LogP contribution in [0.5, 0.6) is 0 Å². The molecule has 0 saturated carbocycles. The first-order valence-corrected chi connectivity index (χ1v) is 9.53. The third-order valence-electron chi connectivity index (χ3n) is 5.48. The Kier molecular flexibility index (Phi) is 4.90. The highest BCUT2D eigenvalue weighted by atomic mass is 16.4. The Balaban J connectivity index is 1.83. The van der Waals surface area contributed by atoms with E-state index in [-0.39, 0.29) is 6.04 Å². The van der Waals surface area contributed by atoms with Crippen LogP contribution >= 0.6 is 0 Å². The van der Waals surface area contributed by atoms with E-state index < -0.39 is 12.0 Å². The number of nitrogens with zero attached hydrogens (tertiary/aromatic N) is 2. The highest BCUT2D eigenvalue weighted by Gasteiger charge is 2.35. The van der Waals surface area contributed by atoms with E-state index in [9.17, 15) is 9.90 Å². The van der Waals surface area contributed by atoms with Crippen molar-refractivity contribution in [2.24, 2.45) is 0 Å². The zero-order valence-electron chi connectivity index (χ0n) is 15.5. The molecule has 27 heavy (non-hydrogen) atoms. The summed E-state index contributed by atoms with van der Waals surface area (Å²) in [6, 6.07) is 18.1. The van der Waals surface area contributed by atoms with Crippen molar-refractivity contribution in [3.63, 3.8) is 0 Å². The number of aromatic nitrogens is 1. The molecule has 4 rings (SSSR count). The summed E-state index contributed by atoms with van der Waals surface area (Å²) in [6.07, 6.45) is 4.58. The molecule has 1 N–H and O–H groups in total. The second-order valence-electron chi connectivity index (χ2n) is 7.36. The number of aryl methyl sites for hydroxylation is 1. The molecule has 0 spiro atoms. The molecule has 4 nitrogen and oxygen atoms in total. The fraction of sp³-hybridized carbons (Fsp3) is 0.304. The molecular formula is C23H24N2O2. The van der Waals surface area contributed by atoms with E-state index in [0.29, 0.717) is 6.42 Å². The fourth-order valence-corrected chi connectivity index (χ4v) is 4.09. The molecule has 1 aromatic heterocycles. The SMILES string of the molecule is Cc1ccc(C(c2cnc3ccccc3c2)N2CCCCC2C(=O)O)cc1. The molecule has 0 aliphatic carbocycles. The zero-order valence-corrected chi connectivity index (χ0v) is 15.5. The first-order chi connectivity index (χ1) is 13.1. The van der Waals surface area contributed by atoms with Crippen molar-refractivity contribution in [2.75, 3.05) is 6.54 Å². The predicted molar refractivity (Wildman–Crippen MR) is 107 cm³/mol. The summed E-state index contributed by atoms with van der Waals surface area (Å²) in [4.78, 5) is 18.7. The second-order valence-corrected chi connectivity index (χ2v) is 7.36. The van der Waals surface area contributed by atoms with Crippen LogP contribution in [0.3, 0.4) is 0 Å². The Morgan fingerprint density at radius 2 is 1.89 bits per heavy atom. The molecular weight excluding hydrogens is 336 g/mol. The maximum absolute atomic E-state index is 11.9. The largest absolute Gasteiger partial charge is 0.480 e. The van der Waals surface area contributed by atoms with Crippen molar-refractivity contribution in [3.8, 4) is 0 Å². The van der Waals surface area contributed by atoms with E-state index in [1.807, 2.05) is 24.4 Å². The smallest absolute Gasteiger partial charge is 0.320 e. The van der Waals surface area contributed by atoms with Crippen LogP contribution in [0.2, 0.25) is 0 Å². The van der Waals surface area contributed by atoms with E-state index >= 15 is 0 Å². The number of carboxylic acid groups (broad SMARTS) is 1. The van der Waals surface area contributed by atoms with Crippen LogP contribution < -0.4 is 0 Å². The number of para-hydroxylation sites is 1. The van der Waals surface area contributed by atoms with Gasteiger partial charge in [-0.2, -0.15) is 0 Å². The molecule has 3 aromatic rings. The maximum atomic E-state index is 11.9. The number of carboxylic acids is 1. The van der Waals surface area contributed by atoms with Crippen molar-refractivity contribution in [2.45, 2.75) is 38.3 Å². The van der Waals surface area contributed by atoms with Crippen molar-refractivity contribution in [1.82, 2.24) is 9.88 Å². The highest BCUT2D eigenvalue weighted by molar-refractivity contribution is 5.79. The third-order valence-corrected chi connectivity index (χ3v) is 5.48. The molecule has 0 radical (unpaired) electrons. The molecule has 0 amide bonds. The number of hydrogen-bond donors (Lipinski definition) is 1. The first kappa shape index (κ1) is 17.7. The lowest BCUT2D eigenvalue weighted by atomic mass is 9.91. The van der Waals surface area contributed by atoms with Gasteiger partial charge in [0.25, 0.3) is 0 Å². The van der Waals surface area contributed by atoms with Gasteiger partial charge in [0.1, 0.15) is 6.04 Å². The Labute approximate surface area is 159 Å². The number of benzene rings is 2. The molecule has 1 aliphatic heterocycles. The van der Waals surface area contributed by atoms with Gasteiger partial charge < -0.3 is 5.11 Å². The van der Waals surface area contributed by atoms with E-state index in [0.717, 1.165) is 41.4 Å². The maximum Gasteiger partial charge on any atom is 0.320 e. The molecule has 1 aliphatic rings. The summed E-state index contributed by atoms with van der Waals surface area (Å²) in [5.41, 5.74) is 4.32. The molecule has 2 atom stereocenters. The van der Waals surface area contributed by atoms with Gasteiger partial charge in [0.15, 0.2) is 0 Å². The molecule has 4 heteroatoms. The van der Waals surface area contributed by atoms with Crippen molar-refractivity contribution in [1.29, 1.82) is 0 Å². The quantitative estimate of drug-likeness (QED) is 0.740. The van der Waals surface area contributed by atoms with Crippen molar-refractivity contribution in [3.05, 3.63) is 77.5 Å². The summed E-state index contributed by atoms with van der Waals surface area (Å²) in [5, 5.41) is 10.9. The minimum absolute atomic E-state index is 0.107. The normalized spacial score (nSPS) is 19.1. The first-order valence-electron chi connectivity index (χ1n) is 9.53. The summed E-state index contributed by atoms with van der Waals surface area (Å²) in [7, 11) is 0. The van der Waals surface area contributed by atoms with Gasteiger partial charge in [-0.1, -0.05) is 54.4 Å². The molecule has 0 bridgehead atoms. The fourth-order valence-electron chi connectivity index (χ4n) is 4.09. The lowest BCUT2D eigenvalue weighted by Gasteiger charge is -2.39. The molecule has 138 valence electrons. The van der Waals surface area contributed by atoms with Gasteiger partial charge in [-0.25, -0.2) is 0 Å². The highest BCUT2D eigenvalue weighted by Crippen LogP contribution is 2.35. The average molecular weight is 360 g/mol. The summed E-state index contributed by atoms with van der Waals surface area (Å²) in [5.74, 6) is -0.736. The molecule has 2 aromatic carbocycles. The Bertz CT molecular complexity index is 952. The van der Waals surface area contributed by atoms with E-state index in [4.69, 9.17) is 0 Å². The predicted octanol–water partition coefficient (Wildman–Crippen LogP) is 4.57. The van der Waals surface area contributed by atoms with E-state index in [1.54, 1.807) is 0 Å². The van der Waals surface area contributed by atoms with Crippen LogP contribution in [-0.2, 0) is 4.79 Å². The number of rotatable bonds is 4. The van der Waals surface area contributed by atoms with Gasteiger partial charge in [-0.3, -0.25) is 14.7 Å². The van der Waals surface area contributed by atoms with Gasteiger partial charge in [0, 0.05) is 11.6 Å². The number of pyridine rings is 1. The molecule has 1 fully saturated rings. The van der Waals surface area contributed by atoms with E-state index in [1.165, 1.54) is 5.56 Å². The minimum Gasteiger partial charge on any atom is -0.480 e. The number of hydrogen-bond acceptors (Lipinski definition) is 3. The molecule has 2 heterocycles. The number of carbonyl (C=O) groups is 1. The molecule has 1 saturated heterocycles. The topological polar surface area (TPSA) is 53.4 Å². The standard InChI is InChI=1S/C23H24N2O2/c1-16-9-11-17(12-10-16)22(25-13-5-4-8-21(25)23(26)27)19-14-18-6-2-3-7-20(18)24-15-19/h2-3,6-7,9-12,14-15,21-22H,4-5,8,13H2,1H3,(H,26,27). The van der Waals surface area contributed by atoms with Crippen LogP contribution in [0.15, 0.2) is 60.8 Å². The van der Waals surface area contributed by atoms with E-state index in [2.05, 4.69) is 53.2 Å². The Hall–Kier alpha value is -2.72. The van der Waals surface area contributed by atoms with Crippen LogP contribution in [0.1, 0.15) is 42.0 Å². The number of aliphatic carboxylic acids is 1. The Morgan fingerprint density at radius 1 is 1.11 bits per heavy atom. The number of likely N-dealkylation sites (tertiary alicyclic amines) is 1. The number of fused-ring (bicyclic) bond motifs is 1. The Morgan fingerprint density at radius 3 is 2.67 bits per heavy atom. The monoisotopic (exact) mass is 360 g/mol. The second kappa shape index (κ2) is 7.49. The summed E-state index contributed by atoms with van der Waals surface area (Å²) >= 11 is 0. The van der Waals surface area contributed by atoms with Crippen LogP contribution in [-0.4, -0.2) is 33.5 Å². The average Bonchev–Trinajstić information content (AvgIpc) is 2.70. The summed E-state index contributed by atoms with van der Waals surface area (Å²) < 4.78 is 0. The summed E-state index contributed by atoms with van der Waals surface area (Å²) in [6.45, 7) is 2.85. The van der Waals surface area contributed by atoms with Crippen LogP contribution in [0.4, 0.5) is 0 Å². The lowest BCUT2D eigenvalue weighted by Crippen LogP contribution is -2.46. The van der Waals surface area contributed by atoms with Gasteiger partial charge >= 0.3 is 5.97 Å². The lowest BCUT2D eigenvalue weighted by molar-refractivity contribution is -0.145. The third kappa shape index (κ3) is 3.58. The van der Waals surface area contributed by atoms with Crippen molar-refractivity contribution < 1.29 is 9.90 Å². The number of piperidine rings is 1. The van der Waals surface area contributed by atoms with Crippen LogP contribution in [0, 0.1) is 6.92 Å². The van der Waals surface area contributed by atoms with Gasteiger partial charge in [0.05, 0.1) is 11.6 Å². The van der Waals surface area contributed by atoms with Crippen molar-refractivity contribution >= 4 is 16.9 Å². The minimum atomic E-state index is -0.736. The van der Waals surface area contributed by atoms with Gasteiger partial charge in [0.2, 0.25) is 0 Å².